The van der Waals surface area contributed by atoms with Gasteiger partial charge in [0, 0.05) is 38.0 Å². The molecule has 2 atom stereocenters. The van der Waals surface area contributed by atoms with E-state index in [1.807, 2.05) is 17.0 Å². The second-order valence-corrected chi connectivity index (χ2v) is 11.2. The van der Waals surface area contributed by atoms with Crippen LogP contribution in [0, 0.1) is 11.8 Å². The van der Waals surface area contributed by atoms with Crippen molar-refractivity contribution < 1.29 is 9.59 Å². The number of nitrogens with zero attached hydrogens (tertiary/aromatic N) is 4. The van der Waals surface area contributed by atoms with E-state index in [0.717, 1.165) is 74.3 Å². The summed E-state index contributed by atoms with van der Waals surface area (Å²) in [7, 11) is 0. The summed E-state index contributed by atoms with van der Waals surface area (Å²) in [5, 5.41) is 0. The van der Waals surface area contributed by atoms with Gasteiger partial charge >= 0.3 is 0 Å². The van der Waals surface area contributed by atoms with Gasteiger partial charge in [-0.15, -0.1) is 0 Å². The van der Waals surface area contributed by atoms with Gasteiger partial charge in [-0.2, -0.15) is 0 Å². The van der Waals surface area contributed by atoms with Crippen molar-refractivity contribution in [3.8, 4) is 0 Å². The van der Waals surface area contributed by atoms with Gasteiger partial charge in [0.15, 0.2) is 0 Å². The van der Waals surface area contributed by atoms with Crippen LogP contribution in [0.2, 0.25) is 0 Å². The van der Waals surface area contributed by atoms with Crippen LogP contribution in [0.15, 0.2) is 18.2 Å². The number of amides is 1. The molecule has 2 fully saturated rings. The Bertz CT molecular complexity index is 998. The molecule has 0 radical (unpaired) electrons. The quantitative estimate of drug-likeness (QED) is 0.431. The summed E-state index contributed by atoms with van der Waals surface area (Å²) in [5.41, 5.74) is 2.83. The van der Waals surface area contributed by atoms with Crippen LogP contribution in [0.25, 0.3) is 11.0 Å². The van der Waals surface area contributed by atoms with Gasteiger partial charge in [-0.25, -0.2) is 4.98 Å². The first-order chi connectivity index (χ1) is 16.9. The minimum atomic E-state index is 0.148. The third-order valence-corrected chi connectivity index (χ3v) is 7.71. The minimum Gasteiger partial charge on any atom is -0.338 e. The first kappa shape index (κ1) is 25.9. The van der Waals surface area contributed by atoms with Crippen LogP contribution >= 0.6 is 0 Å². The molecule has 0 spiro atoms. The number of aromatic nitrogens is 2. The maximum atomic E-state index is 13.4. The lowest BCUT2D eigenvalue weighted by atomic mass is 9.91. The molecule has 6 heteroatoms. The smallest absolute Gasteiger partial charge is 0.253 e. The molecular formula is C29H44N4O2. The number of benzene rings is 1. The highest BCUT2D eigenvalue weighted by atomic mass is 16.2. The fourth-order valence-electron chi connectivity index (χ4n) is 6.05. The molecule has 2 unspecified atom stereocenters. The molecule has 0 bridgehead atoms. The predicted molar refractivity (Wildman–Crippen MR) is 142 cm³/mol. The molecule has 0 aliphatic carbocycles. The number of aryl methyl sites for hydroxylation is 2. The average Bonchev–Trinajstić information content (AvgIpc) is 3.18. The van der Waals surface area contributed by atoms with E-state index in [2.05, 4.69) is 29.4 Å². The van der Waals surface area contributed by atoms with Gasteiger partial charge in [-0.05, 0) is 95.1 Å². The Morgan fingerprint density at radius 1 is 0.971 bits per heavy atom. The zero-order chi connectivity index (χ0) is 24.8. The number of unbranched alkanes of at least 4 members (excludes halogenated alkanes) is 1. The number of ketones is 1. The third-order valence-electron chi connectivity index (χ3n) is 7.71. The van der Waals surface area contributed by atoms with Gasteiger partial charge < -0.3 is 19.2 Å². The molecule has 0 N–H and O–H groups in total. The van der Waals surface area contributed by atoms with Crippen LogP contribution in [0.5, 0.6) is 0 Å². The lowest BCUT2D eigenvalue weighted by molar-refractivity contribution is -0.117. The molecule has 2 aliphatic rings. The highest BCUT2D eigenvalue weighted by Crippen LogP contribution is 2.25. The van der Waals surface area contributed by atoms with Gasteiger partial charge in [0.1, 0.15) is 11.6 Å². The first-order valence-corrected chi connectivity index (χ1v) is 13.9. The number of imidazole rings is 1. The number of carbonyl (C=O) groups excluding carboxylic acids is 2. The standard InChI is InChI=1S/C29H44N4O2/c1-22-18-23(2)21-32(20-22)29(35)25-12-13-26-27(19-25)33(17-9-16-31-14-7-4-8-15-31)28(30-26)11-6-5-10-24(3)34/h12-13,19,22-23H,4-11,14-18,20-21H2,1-3H3. The topological polar surface area (TPSA) is 58.4 Å². The van der Waals surface area contributed by atoms with Gasteiger partial charge in [0.25, 0.3) is 5.91 Å². The Kier molecular flexibility index (Phi) is 8.99. The van der Waals surface area contributed by atoms with Crippen LogP contribution in [0.4, 0.5) is 0 Å². The zero-order valence-corrected chi connectivity index (χ0v) is 22.1. The van der Waals surface area contributed by atoms with Crippen molar-refractivity contribution in [1.82, 2.24) is 19.4 Å². The number of rotatable bonds is 10. The monoisotopic (exact) mass is 480 g/mol. The molecule has 2 aliphatic heterocycles. The van der Waals surface area contributed by atoms with E-state index in [0.29, 0.717) is 18.3 Å². The number of likely N-dealkylation sites (tertiary alicyclic amines) is 2. The normalized spacial score (nSPS) is 21.5. The van der Waals surface area contributed by atoms with Gasteiger partial charge in [0.2, 0.25) is 0 Å². The summed E-state index contributed by atoms with van der Waals surface area (Å²) in [5.74, 6) is 2.59. The van der Waals surface area contributed by atoms with Gasteiger partial charge in [-0.1, -0.05) is 20.3 Å². The summed E-state index contributed by atoms with van der Waals surface area (Å²) in [4.78, 5) is 34.4. The number of fused-ring (bicyclic) bond motifs is 1. The first-order valence-electron chi connectivity index (χ1n) is 13.9. The van der Waals surface area contributed by atoms with Gasteiger partial charge in [0.05, 0.1) is 11.0 Å². The number of Topliss-reactive ketones (excluding diaryl/α,β-unsaturated/α-hetero) is 1. The van der Waals surface area contributed by atoms with Crippen molar-refractivity contribution in [2.75, 3.05) is 32.7 Å². The summed E-state index contributed by atoms with van der Waals surface area (Å²) in [6, 6.07) is 6.06. The number of carbonyl (C=O) groups is 2. The van der Waals surface area contributed by atoms with E-state index in [1.165, 1.54) is 38.8 Å². The number of hydrogen-bond donors (Lipinski definition) is 0. The van der Waals surface area contributed by atoms with E-state index in [9.17, 15) is 9.59 Å². The second-order valence-electron chi connectivity index (χ2n) is 11.2. The lowest BCUT2D eigenvalue weighted by Crippen LogP contribution is -2.42. The maximum absolute atomic E-state index is 13.4. The largest absolute Gasteiger partial charge is 0.338 e. The van der Waals surface area contributed by atoms with Gasteiger partial charge in [-0.3, -0.25) is 4.79 Å². The van der Waals surface area contributed by atoms with E-state index in [-0.39, 0.29) is 11.7 Å². The highest BCUT2D eigenvalue weighted by molar-refractivity contribution is 5.97. The summed E-state index contributed by atoms with van der Waals surface area (Å²) in [6.07, 6.45) is 9.65. The Morgan fingerprint density at radius 2 is 1.71 bits per heavy atom. The Morgan fingerprint density at radius 3 is 2.43 bits per heavy atom. The third kappa shape index (κ3) is 6.93. The Hall–Kier alpha value is -2.21. The molecule has 4 rings (SSSR count). The van der Waals surface area contributed by atoms with Crippen LogP contribution in [0.1, 0.15) is 88.3 Å². The van der Waals surface area contributed by atoms with Crippen LogP contribution < -0.4 is 0 Å². The highest BCUT2D eigenvalue weighted by Gasteiger charge is 2.26. The molecular weight excluding hydrogens is 436 g/mol. The van der Waals surface area contributed by atoms with E-state index < -0.39 is 0 Å². The van der Waals surface area contributed by atoms with E-state index in [4.69, 9.17) is 4.98 Å². The van der Waals surface area contributed by atoms with Crippen molar-refractivity contribution in [3.63, 3.8) is 0 Å². The molecule has 2 saturated heterocycles. The minimum absolute atomic E-state index is 0.148. The summed E-state index contributed by atoms with van der Waals surface area (Å²) >= 11 is 0. The molecule has 3 heterocycles. The Balaban J connectivity index is 1.52. The molecule has 35 heavy (non-hydrogen) atoms. The number of hydrogen-bond acceptors (Lipinski definition) is 4. The average molecular weight is 481 g/mol. The van der Waals surface area contributed by atoms with Crippen molar-refractivity contribution in [1.29, 1.82) is 0 Å². The van der Waals surface area contributed by atoms with Crippen LogP contribution in [-0.4, -0.2) is 63.8 Å². The zero-order valence-electron chi connectivity index (χ0n) is 22.1. The second kappa shape index (κ2) is 12.2. The molecule has 192 valence electrons. The van der Waals surface area contributed by atoms with E-state index in [1.54, 1.807) is 6.92 Å². The molecule has 2 aromatic rings. The molecule has 6 nitrogen and oxygen atoms in total. The fourth-order valence-corrected chi connectivity index (χ4v) is 6.05. The van der Waals surface area contributed by atoms with E-state index >= 15 is 0 Å². The fraction of sp³-hybridized carbons (Fsp3) is 0.690. The lowest BCUT2D eigenvalue weighted by Gasteiger charge is -2.35. The van der Waals surface area contributed by atoms with Crippen molar-refractivity contribution in [2.45, 2.75) is 85.1 Å². The van der Waals surface area contributed by atoms with Crippen molar-refractivity contribution in [3.05, 3.63) is 29.6 Å². The Labute approximate surface area is 211 Å². The summed E-state index contributed by atoms with van der Waals surface area (Å²) < 4.78 is 2.35. The van der Waals surface area contributed by atoms with Crippen LogP contribution in [0.3, 0.4) is 0 Å². The molecule has 1 amide bonds. The predicted octanol–water partition coefficient (Wildman–Crippen LogP) is 5.33. The molecule has 1 aromatic heterocycles. The SMILES string of the molecule is CC(=O)CCCCc1nc2ccc(C(=O)N3CC(C)CC(C)C3)cc2n1CCCN1CCCCC1. The van der Waals surface area contributed by atoms with Crippen LogP contribution in [-0.2, 0) is 17.8 Å². The summed E-state index contributed by atoms with van der Waals surface area (Å²) in [6.45, 7) is 12.3. The number of piperidine rings is 2. The molecule has 1 aromatic carbocycles. The maximum Gasteiger partial charge on any atom is 0.253 e. The van der Waals surface area contributed by atoms with Crippen molar-refractivity contribution >= 4 is 22.7 Å². The van der Waals surface area contributed by atoms with Crippen molar-refractivity contribution in [2.24, 2.45) is 11.8 Å². The molecule has 0 saturated carbocycles.